The van der Waals surface area contributed by atoms with Crippen molar-refractivity contribution >= 4 is 11.6 Å². The van der Waals surface area contributed by atoms with E-state index in [1.807, 2.05) is 71.1 Å². The molecule has 2 heterocycles. The van der Waals surface area contributed by atoms with Gasteiger partial charge in [0, 0.05) is 12.7 Å². The zero-order valence-corrected chi connectivity index (χ0v) is 14.0. The average Bonchev–Trinajstić information content (AvgIpc) is 3.03. The monoisotopic (exact) mass is 323 g/mol. The van der Waals surface area contributed by atoms with Crippen molar-refractivity contribution in [1.29, 1.82) is 0 Å². The third-order valence-electron chi connectivity index (χ3n) is 4.10. The number of amides is 1. The van der Waals surface area contributed by atoms with Gasteiger partial charge in [-0.15, -0.1) is 0 Å². The number of carbonyl (C=O) groups is 1. The van der Waals surface area contributed by atoms with Gasteiger partial charge in [-0.25, -0.2) is 4.98 Å². The Bertz CT molecular complexity index is 824. The summed E-state index contributed by atoms with van der Waals surface area (Å²) in [7, 11) is 1.63. The van der Waals surface area contributed by atoms with Crippen molar-refractivity contribution < 1.29 is 9.53 Å². The van der Waals surface area contributed by atoms with E-state index in [1.165, 1.54) is 0 Å². The molecule has 5 nitrogen and oxygen atoms in total. The van der Waals surface area contributed by atoms with Gasteiger partial charge in [-0.1, -0.05) is 18.2 Å². The number of ether oxygens (including phenoxy) is 1. The summed E-state index contributed by atoms with van der Waals surface area (Å²) in [5.41, 5.74) is 2.89. The number of pyridine rings is 1. The van der Waals surface area contributed by atoms with E-state index in [2.05, 4.69) is 4.98 Å². The molecule has 0 spiro atoms. The van der Waals surface area contributed by atoms with E-state index < -0.39 is 0 Å². The van der Waals surface area contributed by atoms with Gasteiger partial charge >= 0.3 is 0 Å². The van der Waals surface area contributed by atoms with Crippen LogP contribution in [-0.2, 0) is 17.8 Å². The number of rotatable bonds is 6. The normalized spacial score (nSPS) is 10.8. The SMILES string of the molecule is CCN(Cc1cnc2ccccn12)C(=O)Cc1ccc(OC)cc1. The Kier molecular flexibility index (Phi) is 4.79. The number of methoxy groups -OCH3 is 1. The lowest BCUT2D eigenvalue weighted by Gasteiger charge is -2.20. The fraction of sp³-hybridized carbons (Fsp3) is 0.263. The molecular weight excluding hydrogens is 302 g/mol. The predicted molar refractivity (Wildman–Crippen MR) is 93.0 cm³/mol. The molecule has 0 aliphatic heterocycles. The van der Waals surface area contributed by atoms with Crippen LogP contribution in [0, 0.1) is 0 Å². The Hall–Kier alpha value is -2.82. The van der Waals surface area contributed by atoms with E-state index in [-0.39, 0.29) is 5.91 Å². The standard InChI is InChI=1S/C19H21N3O2/c1-3-21(14-16-13-20-18-6-4-5-11-22(16)18)19(23)12-15-7-9-17(24-2)10-8-15/h4-11,13H,3,12,14H2,1-2H3. The number of fused-ring (bicyclic) bond motifs is 1. The summed E-state index contributed by atoms with van der Waals surface area (Å²) in [5, 5.41) is 0. The summed E-state index contributed by atoms with van der Waals surface area (Å²) in [6, 6.07) is 13.5. The third kappa shape index (κ3) is 3.40. The van der Waals surface area contributed by atoms with Gasteiger partial charge in [0.1, 0.15) is 11.4 Å². The summed E-state index contributed by atoms with van der Waals surface area (Å²) in [5.74, 6) is 0.901. The summed E-state index contributed by atoms with van der Waals surface area (Å²) in [4.78, 5) is 18.9. The highest BCUT2D eigenvalue weighted by Crippen LogP contribution is 2.14. The van der Waals surface area contributed by atoms with E-state index in [9.17, 15) is 4.79 Å². The van der Waals surface area contributed by atoms with Crippen molar-refractivity contribution in [3.8, 4) is 5.75 Å². The zero-order valence-electron chi connectivity index (χ0n) is 14.0. The van der Waals surface area contributed by atoms with E-state index in [0.717, 1.165) is 22.7 Å². The van der Waals surface area contributed by atoms with Crippen LogP contribution < -0.4 is 4.74 Å². The maximum absolute atomic E-state index is 12.6. The quantitative estimate of drug-likeness (QED) is 0.701. The lowest BCUT2D eigenvalue weighted by atomic mass is 10.1. The maximum Gasteiger partial charge on any atom is 0.227 e. The molecule has 0 saturated heterocycles. The minimum atomic E-state index is 0.105. The van der Waals surface area contributed by atoms with Crippen molar-refractivity contribution in [2.75, 3.05) is 13.7 Å². The number of likely N-dealkylation sites (N-methyl/N-ethyl adjacent to an activating group) is 1. The summed E-state index contributed by atoms with van der Waals surface area (Å²) >= 11 is 0. The summed E-state index contributed by atoms with van der Waals surface area (Å²) in [6.07, 6.45) is 4.19. The molecule has 0 atom stereocenters. The van der Waals surface area contributed by atoms with Crippen LogP contribution in [0.1, 0.15) is 18.2 Å². The molecule has 2 aromatic heterocycles. The summed E-state index contributed by atoms with van der Waals surface area (Å²) in [6.45, 7) is 3.21. The number of hydrogen-bond acceptors (Lipinski definition) is 3. The van der Waals surface area contributed by atoms with Gasteiger partial charge in [0.05, 0.1) is 32.0 Å². The molecule has 1 aromatic carbocycles. The fourth-order valence-electron chi connectivity index (χ4n) is 2.70. The number of imidazole rings is 1. The van der Waals surface area contributed by atoms with E-state index >= 15 is 0 Å². The smallest absolute Gasteiger partial charge is 0.227 e. The van der Waals surface area contributed by atoms with Crippen LogP contribution in [0.3, 0.4) is 0 Å². The van der Waals surface area contributed by atoms with Gasteiger partial charge in [-0.05, 0) is 36.8 Å². The van der Waals surface area contributed by atoms with Crippen LogP contribution in [0.25, 0.3) is 5.65 Å². The molecule has 0 radical (unpaired) electrons. The Balaban J connectivity index is 1.71. The predicted octanol–water partition coefficient (Wildman–Crippen LogP) is 2.93. The highest BCUT2D eigenvalue weighted by Gasteiger charge is 2.15. The lowest BCUT2D eigenvalue weighted by molar-refractivity contribution is -0.130. The van der Waals surface area contributed by atoms with Crippen LogP contribution >= 0.6 is 0 Å². The highest BCUT2D eigenvalue weighted by atomic mass is 16.5. The van der Waals surface area contributed by atoms with Crippen molar-refractivity contribution in [2.24, 2.45) is 0 Å². The topological polar surface area (TPSA) is 46.8 Å². The second kappa shape index (κ2) is 7.17. The number of benzene rings is 1. The van der Waals surface area contributed by atoms with Crippen LogP contribution in [0.15, 0.2) is 54.9 Å². The Morgan fingerprint density at radius 2 is 2.00 bits per heavy atom. The molecule has 24 heavy (non-hydrogen) atoms. The molecule has 5 heteroatoms. The van der Waals surface area contributed by atoms with Gasteiger partial charge < -0.3 is 14.0 Å². The van der Waals surface area contributed by atoms with Crippen molar-refractivity contribution in [3.05, 3.63) is 66.1 Å². The molecule has 3 aromatic rings. The van der Waals surface area contributed by atoms with Gasteiger partial charge in [-0.2, -0.15) is 0 Å². The number of carbonyl (C=O) groups excluding carboxylic acids is 1. The van der Waals surface area contributed by atoms with Crippen molar-refractivity contribution in [3.63, 3.8) is 0 Å². The molecule has 0 aliphatic carbocycles. The molecule has 0 aliphatic rings. The average molecular weight is 323 g/mol. The van der Waals surface area contributed by atoms with E-state index in [4.69, 9.17) is 4.74 Å². The van der Waals surface area contributed by atoms with E-state index in [1.54, 1.807) is 7.11 Å². The second-order valence-electron chi connectivity index (χ2n) is 5.61. The molecule has 3 rings (SSSR count). The first kappa shape index (κ1) is 16.1. The molecule has 0 saturated carbocycles. The summed E-state index contributed by atoms with van der Waals surface area (Å²) < 4.78 is 7.17. The third-order valence-corrected chi connectivity index (χ3v) is 4.10. The van der Waals surface area contributed by atoms with Crippen LogP contribution in [0.2, 0.25) is 0 Å². The number of nitrogens with zero attached hydrogens (tertiary/aromatic N) is 3. The molecule has 0 bridgehead atoms. The van der Waals surface area contributed by atoms with Crippen LogP contribution in [-0.4, -0.2) is 33.8 Å². The highest BCUT2D eigenvalue weighted by molar-refractivity contribution is 5.78. The van der Waals surface area contributed by atoms with Gasteiger partial charge in [0.25, 0.3) is 0 Å². The molecule has 1 amide bonds. The Morgan fingerprint density at radius 3 is 2.71 bits per heavy atom. The van der Waals surface area contributed by atoms with Gasteiger partial charge in [0.15, 0.2) is 0 Å². The van der Waals surface area contributed by atoms with Crippen molar-refractivity contribution in [2.45, 2.75) is 19.9 Å². The first-order chi connectivity index (χ1) is 11.7. The first-order valence-corrected chi connectivity index (χ1v) is 8.03. The van der Waals surface area contributed by atoms with Crippen LogP contribution in [0.5, 0.6) is 5.75 Å². The number of aromatic nitrogens is 2. The molecule has 0 unspecified atom stereocenters. The lowest BCUT2D eigenvalue weighted by Crippen LogP contribution is -2.32. The largest absolute Gasteiger partial charge is 0.497 e. The molecule has 0 fully saturated rings. The molecular formula is C19H21N3O2. The fourth-order valence-corrected chi connectivity index (χ4v) is 2.70. The Labute approximate surface area is 141 Å². The molecule has 124 valence electrons. The molecule has 0 N–H and O–H groups in total. The second-order valence-corrected chi connectivity index (χ2v) is 5.61. The van der Waals surface area contributed by atoms with Gasteiger partial charge in [-0.3, -0.25) is 4.79 Å². The zero-order chi connectivity index (χ0) is 16.9. The van der Waals surface area contributed by atoms with Crippen LogP contribution in [0.4, 0.5) is 0 Å². The van der Waals surface area contributed by atoms with Gasteiger partial charge in [0.2, 0.25) is 5.91 Å². The minimum absolute atomic E-state index is 0.105. The van der Waals surface area contributed by atoms with E-state index in [0.29, 0.717) is 19.5 Å². The van der Waals surface area contributed by atoms with Crippen molar-refractivity contribution in [1.82, 2.24) is 14.3 Å². The maximum atomic E-state index is 12.6. The first-order valence-electron chi connectivity index (χ1n) is 8.03. The Morgan fingerprint density at radius 1 is 1.21 bits per heavy atom. The minimum Gasteiger partial charge on any atom is -0.497 e. The number of hydrogen-bond donors (Lipinski definition) is 0.